The van der Waals surface area contributed by atoms with Crippen molar-refractivity contribution in [3.63, 3.8) is 0 Å². The molecule has 0 unspecified atom stereocenters. The van der Waals surface area contributed by atoms with E-state index < -0.39 is 0 Å². The van der Waals surface area contributed by atoms with Gasteiger partial charge in [0.2, 0.25) is 5.91 Å². The molecule has 0 saturated heterocycles. The van der Waals surface area contributed by atoms with E-state index >= 15 is 0 Å². The molecule has 0 aromatic heterocycles. The summed E-state index contributed by atoms with van der Waals surface area (Å²) in [5, 5.41) is 5.68. The van der Waals surface area contributed by atoms with Gasteiger partial charge in [0.05, 0.1) is 30.7 Å². The molecule has 0 fully saturated rings. The molecule has 5 nitrogen and oxygen atoms in total. The fraction of sp³-hybridized carbons (Fsp3) is 0.222. The second kappa shape index (κ2) is 3.10. The molecule has 1 aromatic rings. The first kappa shape index (κ1) is 8.68. The maximum atomic E-state index is 11.1. The third kappa shape index (κ3) is 1.32. The third-order valence-electron chi connectivity index (χ3n) is 2.08. The van der Waals surface area contributed by atoms with Crippen LogP contribution >= 0.6 is 0 Å². The maximum Gasteiger partial charge on any atom is 0.243 e. The van der Waals surface area contributed by atoms with Gasteiger partial charge in [-0.25, -0.2) is 0 Å². The Bertz CT molecular complexity index is 390. The van der Waals surface area contributed by atoms with Crippen LogP contribution in [0.15, 0.2) is 12.1 Å². The van der Waals surface area contributed by atoms with Crippen LogP contribution in [-0.2, 0) is 4.79 Å². The summed E-state index contributed by atoms with van der Waals surface area (Å²) in [7, 11) is 1.54. The zero-order chi connectivity index (χ0) is 10.1. The first-order valence-electron chi connectivity index (χ1n) is 4.22. The van der Waals surface area contributed by atoms with Crippen LogP contribution in [0.4, 0.5) is 17.1 Å². The van der Waals surface area contributed by atoms with Gasteiger partial charge in [-0.3, -0.25) is 4.79 Å². The molecular weight excluding hydrogens is 182 g/mol. The molecule has 1 aliphatic heterocycles. The van der Waals surface area contributed by atoms with Crippen LogP contribution in [0.1, 0.15) is 0 Å². The summed E-state index contributed by atoms with van der Waals surface area (Å²) in [6.45, 7) is 0.277. The van der Waals surface area contributed by atoms with Crippen LogP contribution < -0.4 is 21.1 Å². The predicted octanol–water partition coefficient (Wildman–Crippen LogP) is 0.641. The van der Waals surface area contributed by atoms with Crippen LogP contribution in [0.25, 0.3) is 0 Å². The summed E-state index contributed by atoms with van der Waals surface area (Å²) in [6, 6.07) is 3.45. The maximum absolute atomic E-state index is 11.1. The molecule has 1 heterocycles. The Morgan fingerprint density at radius 1 is 1.43 bits per heavy atom. The average molecular weight is 193 g/mol. The number of rotatable bonds is 1. The Balaban J connectivity index is 2.46. The van der Waals surface area contributed by atoms with Crippen LogP contribution in [-0.4, -0.2) is 19.6 Å². The number of methoxy groups -OCH3 is 1. The minimum Gasteiger partial charge on any atom is -0.495 e. The Morgan fingerprint density at radius 3 is 2.93 bits per heavy atom. The number of nitrogens with one attached hydrogen (secondary N) is 2. The lowest BCUT2D eigenvalue weighted by atomic mass is 10.2. The summed E-state index contributed by atoms with van der Waals surface area (Å²) < 4.78 is 5.04. The fourth-order valence-electron chi connectivity index (χ4n) is 1.39. The van der Waals surface area contributed by atoms with Gasteiger partial charge in [-0.05, 0) is 6.07 Å². The summed E-state index contributed by atoms with van der Waals surface area (Å²) >= 11 is 0. The van der Waals surface area contributed by atoms with Gasteiger partial charge in [-0.2, -0.15) is 0 Å². The summed E-state index contributed by atoms with van der Waals surface area (Å²) in [5.41, 5.74) is 7.79. The Labute approximate surface area is 81.2 Å². The summed E-state index contributed by atoms with van der Waals surface area (Å²) in [6.07, 6.45) is 0. The van der Waals surface area contributed by atoms with Gasteiger partial charge in [0.1, 0.15) is 5.75 Å². The lowest BCUT2D eigenvalue weighted by molar-refractivity contribution is -0.114. The third-order valence-corrected chi connectivity index (χ3v) is 2.08. The molecule has 0 aliphatic carbocycles. The summed E-state index contributed by atoms with van der Waals surface area (Å²) in [4.78, 5) is 11.1. The molecule has 74 valence electrons. The largest absolute Gasteiger partial charge is 0.495 e. The number of benzene rings is 1. The van der Waals surface area contributed by atoms with Crippen molar-refractivity contribution in [2.24, 2.45) is 0 Å². The van der Waals surface area contributed by atoms with E-state index in [1.165, 1.54) is 7.11 Å². The number of anilines is 3. The second-order valence-electron chi connectivity index (χ2n) is 3.04. The van der Waals surface area contributed by atoms with Crippen LogP contribution in [0.5, 0.6) is 5.75 Å². The molecule has 0 bridgehead atoms. The molecule has 0 radical (unpaired) electrons. The highest BCUT2D eigenvalue weighted by atomic mass is 16.5. The Kier molecular flexibility index (Phi) is 1.92. The first-order valence-corrected chi connectivity index (χ1v) is 4.22. The fourth-order valence-corrected chi connectivity index (χ4v) is 1.39. The van der Waals surface area contributed by atoms with Gasteiger partial charge in [-0.1, -0.05) is 0 Å². The van der Waals surface area contributed by atoms with Crippen LogP contribution in [0, 0.1) is 0 Å². The number of ether oxygens (including phenoxy) is 1. The summed E-state index contributed by atoms with van der Waals surface area (Å²) in [5.74, 6) is 0.497. The second-order valence-corrected chi connectivity index (χ2v) is 3.04. The van der Waals surface area contributed by atoms with Crippen molar-refractivity contribution >= 4 is 23.0 Å². The zero-order valence-electron chi connectivity index (χ0n) is 7.76. The molecule has 5 heteroatoms. The number of hydrogen-bond donors (Lipinski definition) is 3. The van der Waals surface area contributed by atoms with E-state index in [1.54, 1.807) is 12.1 Å². The average Bonchev–Trinajstić information content (AvgIpc) is 2.17. The van der Waals surface area contributed by atoms with E-state index in [9.17, 15) is 4.79 Å². The quantitative estimate of drug-likeness (QED) is 0.572. The van der Waals surface area contributed by atoms with Crippen molar-refractivity contribution in [3.05, 3.63) is 12.1 Å². The topological polar surface area (TPSA) is 76.4 Å². The van der Waals surface area contributed by atoms with Crippen LogP contribution in [0.3, 0.4) is 0 Å². The zero-order valence-corrected chi connectivity index (χ0v) is 7.76. The number of amides is 1. The Morgan fingerprint density at radius 2 is 2.21 bits per heavy atom. The highest BCUT2D eigenvalue weighted by Crippen LogP contribution is 2.34. The highest BCUT2D eigenvalue weighted by molar-refractivity contribution is 6.01. The molecule has 1 aliphatic rings. The number of nitrogen functional groups attached to an aromatic ring is 1. The van der Waals surface area contributed by atoms with E-state index in [-0.39, 0.29) is 12.5 Å². The van der Waals surface area contributed by atoms with E-state index in [1.807, 2.05) is 0 Å². The predicted molar refractivity (Wildman–Crippen MR) is 54.5 cm³/mol. The standard InChI is InChI=1S/C9H11N3O2/c1-14-8-3-7-6(2-5(8)10)11-4-9(13)12-7/h2-3,11H,4,10H2,1H3,(H,12,13). The van der Waals surface area contributed by atoms with Gasteiger partial charge in [-0.15, -0.1) is 0 Å². The normalized spacial score (nSPS) is 13.9. The number of carbonyl (C=O) groups is 1. The van der Waals surface area contributed by atoms with Gasteiger partial charge in [0.15, 0.2) is 0 Å². The number of nitrogens with two attached hydrogens (primary N) is 1. The van der Waals surface area contributed by atoms with E-state index in [2.05, 4.69) is 10.6 Å². The van der Waals surface area contributed by atoms with E-state index in [4.69, 9.17) is 10.5 Å². The molecule has 14 heavy (non-hydrogen) atoms. The molecule has 0 spiro atoms. The minimum absolute atomic E-state index is 0.0654. The van der Waals surface area contributed by atoms with Gasteiger partial charge < -0.3 is 21.1 Å². The molecule has 2 rings (SSSR count). The number of carbonyl (C=O) groups excluding carboxylic acids is 1. The van der Waals surface area contributed by atoms with Crippen molar-refractivity contribution in [1.82, 2.24) is 0 Å². The van der Waals surface area contributed by atoms with Gasteiger partial charge >= 0.3 is 0 Å². The first-order chi connectivity index (χ1) is 6.70. The molecule has 0 atom stereocenters. The molecule has 0 saturated carbocycles. The monoisotopic (exact) mass is 193 g/mol. The highest BCUT2D eigenvalue weighted by Gasteiger charge is 2.15. The smallest absolute Gasteiger partial charge is 0.243 e. The molecule has 1 aromatic carbocycles. The SMILES string of the molecule is COc1cc2c(cc1N)NCC(=O)N2. The van der Waals surface area contributed by atoms with E-state index in [0.717, 1.165) is 5.69 Å². The molecule has 1 amide bonds. The lowest BCUT2D eigenvalue weighted by Crippen LogP contribution is -2.27. The molecule has 4 N–H and O–H groups in total. The van der Waals surface area contributed by atoms with Crippen molar-refractivity contribution in [1.29, 1.82) is 0 Å². The Hall–Kier alpha value is -1.91. The van der Waals surface area contributed by atoms with Crippen molar-refractivity contribution in [2.75, 3.05) is 30.0 Å². The number of fused-ring (bicyclic) bond motifs is 1. The molecular formula is C9H11N3O2. The van der Waals surface area contributed by atoms with Crippen LogP contribution in [0.2, 0.25) is 0 Å². The van der Waals surface area contributed by atoms with Gasteiger partial charge in [0, 0.05) is 6.07 Å². The van der Waals surface area contributed by atoms with Gasteiger partial charge in [0.25, 0.3) is 0 Å². The number of hydrogen-bond acceptors (Lipinski definition) is 4. The minimum atomic E-state index is -0.0654. The van der Waals surface area contributed by atoms with Crippen molar-refractivity contribution < 1.29 is 9.53 Å². The van der Waals surface area contributed by atoms with Crippen molar-refractivity contribution in [2.45, 2.75) is 0 Å². The van der Waals surface area contributed by atoms with E-state index in [0.29, 0.717) is 17.1 Å². The lowest BCUT2D eigenvalue weighted by Gasteiger charge is -2.20. The van der Waals surface area contributed by atoms with Crippen molar-refractivity contribution in [3.8, 4) is 5.75 Å².